The molecular formula is C10H15N7. The van der Waals surface area contributed by atoms with E-state index in [-0.39, 0.29) is 0 Å². The van der Waals surface area contributed by atoms with Crippen molar-refractivity contribution >= 4 is 0 Å². The van der Waals surface area contributed by atoms with Crippen LogP contribution in [0, 0.1) is 5.92 Å². The minimum Gasteiger partial charge on any atom is -0.330 e. The first-order chi connectivity index (χ1) is 8.36. The topological polar surface area (TPSA) is 87.4 Å². The highest BCUT2D eigenvalue weighted by molar-refractivity contribution is 5.00. The number of hydrogen-bond donors (Lipinski definition) is 1. The maximum atomic E-state index is 5.70. The molecule has 0 saturated heterocycles. The fourth-order valence-corrected chi connectivity index (χ4v) is 2.23. The van der Waals surface area contributed by atoms with Gasteiger partial charge in [0.15, 0.2) is 5.82 Å². The number of nitrogens with zero attached hydrogens (tertiary/aromatic N) is 6. The molecule has 0 amide bonds. The summed E-state index contributed by atoms with van der Waals surface area (Å²) < 4.78 is 3.93. The van der Waals surface area contributed by atoms with Crippen molar-refractivity contribution in [3.63, 3.8) is 0 Å². The van der Waals surface area contributed by atoms with Crippen molar-refractivity contribution in [2.75, 3.05) is 6.54 Å². The Morgan fingerprint density at radius 3 is 3.12 bits per heavy atom. The molecule has 3 rings (SSSR count). The molecule has 1 aliphatic rings. The normalized spacial score (nSPS) is 19.2. The lowest BCUT2D eigenvalue weighted by molar-refractivity contribution is 0.381. The van der Waals surface area contributed by atoms with Crippen LogP contribution in [-0.4, -0.2) is 36.1 Å². The predicted octanol–water partition coefficient (Wildman–Crippen LogP) is -0.561. The molecule has 90 valence electrons. The second-order valence-electron chi connectivity index (χ2n) is 4.37. The highest BCUT2D eigenvalue weighted by Gasteiger charge is 2.21. The van der Waals surface area contributed by atoms with Gasteiger partial charge in [0.2, 0.25) is 0 Å². The molecule has 0 aliphatic carbocycles. The van der Waals surface area contributed by atoms with Gasteiger partial charge < -0.3 is 10.3 Å². The van der Waals surface area contributed by atoms with Crippen molar-refractivity contribution < 1.29 is 0 Å². The third-order valence-electron chi connectivity index (χ3n) is 3.24. The van der Waals surface area contributed by atoms with Gasteiger partial charge >= 0.3 is 0 Å². The van der Waals surface area contributed by atoms with Gasteiger partial charge in [-0.3, -0.25) is 0 Å². The maximum absolute atomic E-state index is 5.70. The van der Waals surface area contributed by atoms with E-state index in [0.29, 0.717) is 12.5 Å². The minimum atomic E-state index is 0.547. The summed E-state index contributed by atoms with van der Waals surface area (Å²) in [7, 11) is 0. The van der Waals surface area contributed by atoms with Crippen LogP contribution in [0.4, 0.5) is 0 Å². The smallest absolute Gasteiger partial charge is 0.154 e. The lowest BCUT2D eigenvalue weighted by Gasteiger charge is -2.22. The second kappa shape index (κ2) is 4.25. The third kappa shape index (κ3) is 1.93. The average molecular weight is 233 g/mol. The van der Waals surface area contributed by atoms with E-state index >= 15 is 0 Å². The van der Waals surface area contributed by atoms with Gasteiger partial charge in [0.25, 0.3) is 0 Å². The first-order valence-corrected chi connectivity index (χ1v) is 5.80. The molecule has 1 unspecified atom stereocenters. The van der Waals surface area contributed by atoms with Crippen LogP contribution >= 0.6 is 0 Å². The quantitative estimate of drug-likeness (QED) is 0.767. The van der Waals surface area contributed by atoms with Crippen LogP contribution < -0.4 is 5.73 Å². The summed E-state index contributed by atoms with van der Waals surface area (Å²) in [5.41, 5.74) is 5.70. The monoisotopic (exact) mass is 233 g/mol. The molecule has 0 saturated carbocycles. The predicted molar refractivity (Wildman–Crippen MR) is 60.0 cm³/mol. The first kappa shape index (κ1) is 10.4. The van der Waals surface area contributed by atoms with Crippen molar-refractivity contribution in [3.05, 3.63) is 24.3 Å². The van der Waals surface area contributed by atoms with E-state index in [2.05, 4.69) is 24.8 Å². The summed E-state index contributed by atoms with van der Waals surface area (Å²) in [6, 6.07) is 0. The van der Waals surface area contributed by atoms with Crippen molar-refractivity contribution in [3.8, 4) is 0 Å². The van der Waals surface area contributed by atoms with Crippen LogP contribution in [0.3, 0.4) is 0 Å². The Balaban J connectivity index is 1.82. The second-order valence-corrected chi connectivity index (χ2v) is 4.37. The van der Waals surface area contributed by atoms with Crippen LogP contribution in [0.2, 0.25) is 0 Å². The van der Waals surface area contributed by atoms with E-state index in [9.17, 15) is 0 Å². The van der Waals surface area contributed by atoms with Gasteiger partial charge in [-0.15, -0.1) is 10.2 Å². The molecule has 0 bridgehead atoms. The van der Waals surface area contributed by atoms with E-state index in [0.717, 1.165) is 37.6 Å². The summed E-state index contributed by atoms with van der Waals surface area (Å²) in [6.07, 6.45) is 5.25. The zero-order valence-electron chi connectivity index (χ0n) is 9.53. The Kier molecular flexibility index (Phi) is 2.60. The van der Waals surface area contributed by atoms with Crippen LogP contribution in [0.1, 0.15) is 18.1 Å². The summed E-state index contributed by atoms with van der Waals surface area (Å²) in [5, 5.41) is 12.5. The fraction of sp³-hybridized carbons (Fsp3) is 0.600. The van der Waals surface area contributed by atoms with E-state index in [1.165, 1.54) is 6.33 Å². The van der Waals surface area contributed by atoms with Gasteiger partial charge in [0, 0.05) is 13.0 Å². The van der Waals surface area contributed by atoms with E-state index in [1.54, 1.807) is 11.0 Å². The largest absolute Gasteiger partial charge is 0.330 e. The molecule has 2 N–H and O–H groups in total. The lowest BCUT2D eigenvalue weighted by Crippen LogP contribution is -2.26. The van der Waals surface area contributed by atoms with Crippen molar-refractivity contribution in [2.45, 2.75) is 25.9 Å². The lowest BCUT2D eigenvalue weighted by atomic mass is 9.98. The van der Waals surface area contributed by atoms with Gasteiger partial charge in [-0.2, -0.15) is 5.10 Å². The molecule has 2 aromatic rings. The molecule has 7 nitrogen and oxygen atoms in total. The molecule has 0 fully saturated rings. The summed E-state index contributed by atoms with van der Waals surface area (Å²) in [6.45, 7) is 2.31. The number of aromatic nitrogens is 6. The molecular weight excluding hydrogens is 218 g/mol. The van der Waals surface area contributed by atoms with Gasteiger partial charge in [0.05, 0.1) is 0 Å². The van der Waals surface area contributed by atoms with Crippen molar-refractivity contribution in [2.24, 2.45) is 11.7 Å². The summed E-state index contributed by atoms with van der Waals surface area (Å²) in [4.78, 5) is 3.92. The minimum absolute atomic E-state index is 0.547. The van der Waals surface area contributed by atoms with Crippen molar-refractivity contribution in [1.82, 2.24) is 29.5 Å². The van der Waals surface area contributed by atoms with Crippen molar-refractivity contribution in [1.29, 1.82) is 0 Å². The maximum Gasteiger partial charge on any atom is 0.154 e. The number of hydrogen-bond acceptors (Lipinski definition) is 5. The SMILES string of the molecule is NCC1CCn2c(nnc2Cn2cncn2)C1. The molecule has 1 aliphatic heterocycles. The zero-order valence-corrected chi connectivity index (χ0v) is 9.53. The molecule has 2 aromatic heterocycles. The van der Waals surface area contributed by atoms with E-state index in [1.807, 2.05) is 0 Å². The van der Waals surface area contributed by atoms with Crippen LogP contribution in [0.5, 0.6) is 0 Å². The number of fused-ring (bicyclic) bond motifs is 1. The van der Waals surface area contributed by atoms with E-state index < -0.39 is 0 Å². The number of rotatable bonds is 3. The highest BCUT2D eigenvalue weighted by atomic mass is 15.4. The Hall–Kier alpha value is -1.76. The average Bonchev–Trinajstić information content (AvgIpc) is 2.99. The van der Waals surface area contributed by atoms with Gasteiger partial charge in [0.1, 0.15) is 25.0 Å². The third-order valence-corrected chi connectivity index (χ3v) is 3.24. The first-order valence-electron chi connectivity index (χ1n) is 5.80. The molecule has 3 heterocycles. The molecule has 0 spiro atoms. The Labute approximate surface area is 98.7 Å². The van der Waals surface area contributed by atoms with Crippen LogP contribution in [0.15, 0.2) is 12.7 Å². The van der Waals surface area contributed by atoms with Gasteiger partial charge in [-0.25, -0.2) is 9.67 Å². The molecule has 7 heteroatoms. The van der Waals surface area contributed by atoms with Gasteiger partial charge in [-0.1, -0.05) is 0 Å². The molecule has 17 heavy (non-hydrogen) atoms. The Morgan fingerprint density at radius 2 is 2.35 bits per heavy atom. The Morgan fingerprint density at radius 1 is 1.41 bits per heavy atom. The Bertz CT molecular complexity index is 487. The molecule has 1 atom stereocenters. The van der Waals surface area contributed by atoms with Crippen LogP contribution in [0.25, 0.3) is 0 Å². The number of nitrogens with two attached hydrogens (primary N) is 1. The summed E-state index contributed by atoms with van der Waals surface area (Å²) in [5.74, 6) is 2.54. The van der Waals surface area contributed by atoms with Crippen LogP contribution in [-0.2, 0) is 19.5 Å². The highest BCUT2D eigenvalue weighted by Crippen LogP contribution is 2.19. The van der Waals surface area contributed by atoms with Gasteiger partial charge in [-0.05, 0) is 18.9 Å². The standard InChI is InChI=1S/C10H15N7/c11-4-8-1-2-17-9(3-8)14-15-10(17)5-16-7-12-6-13-16/h6-8H,1-5,11H2. The zero-order chi connectivity index (χ0) is 11.7. The molecule has 0 aromatic carbocycles. The fourth-order valence-electron chi connectivity index (χ4n) is 2.23. The summed E-state index contributed by atoms with van der Waals surface area (Å²) >= 11 is 0. The molecule has 0 radical (unpaired) electrons. The van der Waals surface area contributed by atoms with E-state index in [4.69, 9.17) is 5.73 Å².